The molecular formula is C7H16ClF6N2P. The van der Waals surface area contributed by atoms with Crippen molar-refractivity contribution in [3.8, 4) is 0 Å². The zero-order valence-corrected chi connectivity index (χ0v) is 11.5. The molecule has 17 heavy (non-hydrogen) atoms. The molecule has 0 aliphatic carbocycles. The molecule has 1 N–H and O–H groups in total. The first-order valence-electron chi connectivity index (χ1n) is 4.35. The molecular weight excluding hydrogens is 293 g/mol. The third-order valence-corrected chi connectivity index (χ3v) is 1.15. The Morgan fingerprint density at radius 1 is 1.12 bits per heavy atom. The van der Waals surface area contributed by atoms with Gasteiger partial charge in [-0.25, -0.2) is 0 Å². The molecule has 0 atom stereocenters. The van der Waals surface area contributed by atoms with Crippen molar-refractivity contribution in [2.24, 2.45) is 0 Å². The number of likely N-dealkylation sites (N-methyl/N-ethyl adjacent to an activating group) is 1. The molecule has 0 aromatic heterocycles. The van der Waals surface area contributed by atoms with Crippen molar-refractivity contribution in [2.75, 3.05) is 34.7 Å². The molecule has 10 heteroatoms. The van der Waals surface area contributed by atoms with Crippen LogP contribution < -0.4 is 4.90 Å². The molecule has 0 radical (unpaired) electrons. The molecule has 0 spiro atoms. The van der Waals surface area contributed by atoms with Gasteiger partial charge in [0.15, 0.2) is 0 Å². The van der Waals surface area contributed by atoms with Gasteiger partial charge in [-0.3, -0.25) is 0 Å². The van der Waals surface area contributed by atoms with Crippen molar-refractivity contribution in [1.29, 1.82) is 0 Å². The first-order valence-corrected chi connectivity index (χ1v) is 6.76. The Morgan fingerprint density at radius 2 is 1.41 bits per heavy atom. The van der Waals surface area contributed by atoms with E-state index in [0.29, 0.717) is 0 Å². The van der Waals surface area contributed by atoms with E-state index in [4.69, 9.17) is 11.6 Å². The first-order chi connectivity index (χ1) is 6.97. The molecule has 2 nitrogen and oxygen atoms in total. The molecule has 0 rings (SSSR count). The molecule has 0 saturated carbocycles. The van der Waals surface area contributed by atoms with Crippen LogP contribution in [0.15, 0.2) is 11.2 Å². The Labute approximate surface area is 101 Å². The summed E-state index contributed by atoms with van der Waals surface area (Å²) in [6.07, 6.45) is 1.93. The van der Waals surface area contributed by atoms with Crippen molar-refractivity contribution < 1.29 is 30.1 Å². The summed E-state index contributed by atoms with van der Waals surface area (Å²) in [5.74, 6) is 0. The Morgan fingerprint density at radius 3 is 1.59 bits per heavy atom. The third kappa shape index (κ3) is 49.5. The summed E-state index contributed by atoms with van der Waals surface area (Å²) in [6.45, 7) is 0.889. The molecule has 0 amide bonds. The molecule has 0 unspecified atom stereocenters. The van der Waals surface area contributed by atoms with Gasteiger partial charge in [0, 0.05) is 20.3 Å². The number of quaternary nitrogens is 1. The number of hydrogen-bond donors (Lipinski definition) is 1. The summed E-state index contributed by atoms with van der Waals surface area (Å²) in [4.78, 5) is 3.29. The van der Waals surface area contributed by atoms with E-state index in [9.17, 15) is 25.2 Å². The summed E-state index contributed by atoms with van der Waals surface area (Å²) in [7, 11) is -2.58. The summed E-state index contributed by atoms with van der Waals surface area (Å²) in [5.41, 5.74) is 0. The summed E-state index contributed by atoms with van der Waals surface area (Å²) in [6, 6.07) is 0. The van der Waals surface area contributed by atoms with Gasteiger partial charge in [-0.05, 0) is 0 Å². The topological polar surface area (TPSA) is 7.68 Å². The summed E-state index contributed by atoms with van der Waals surface area (Å²) in [5, 5.41) is 0.894. The fraction of sp³-hybridized carbons (Fsp3) is 0.714. The Bertz CT molecular complexity index is 258. The second-order valence-corrected chi connectivity index (χ2v) is 6.28. The van der Waals surface area contributed by atoms with E-state index < -0.39 is 7.81 Å². The molecule has 0 fully saturated rings. The molecule has 0 aliphatic rings. The number of hydrogen-bond acceptors (Lipinski definition) is 1. The van der Waals surface area contributed by atoms with Crippen molar-refractivity contribution in [1.82, 2.24) is 4.90 Å². The third-order valence-electron chi connectivity index (χ3n) is 0.921. The average Bonchev–Trinajstić information content (AvgIpc) is 1.72. The number of rotatable bonds is 3. The van der Waals surface area contributed by atoms with E-state index in [2.05, 4.69) is 14.1 Å². The van der Waals surface area contributed by atoms with Crippen LogP contribution in [-0.2, 0) is 0 Å². The van der Waals surface area contributed by atoms with Crippen LogP contribution in [0.1, 0.15) is 0 Å². The molecule has 0 aliphatic heterocycles. The predicted molar refractivity (Wildman–Crippen MR) is 58.9 cm³/mol. The fourth-order valence-electron chi connectivity index (χ4n) is 0.664. The average molecular weight is 309 g/mol. The maximum atomic E-state index is 9.87. The van der Waals surface area contributed by atoms with Gasteiger partial charge in [-0.2, -0.15) is 0 Å². The Kier molecular flexibility index (Phi) is 5.86. The second kappa shape index (κ2) is 5.20. The van der Waals surface area contributed by atoms with Gasteiger partial charge in [0.1, 0.15) is 6.54 Å². The van der Waals surface area contributed by atoms with Crippen LogP contribution in [-0.4, -0.2) is 39.6 Å². The van der Waals surface area contributed by atoms with Crippen molar-refractivity contribution >= 4 is 19.4 Å². The van der Waals surface area contributed by atoms with Crippen molar-refractivity contribution in [2.45, 2.75) is 0 Å². The zero-order chi connectivity index (χ0) is 14.6. The number of nitrogens with one attached hydrogen (secondary N) is 1. The SMILES string of the molecule is CN(C)/C=C(/Cl)C[NH+](C)C.F[P-](F)(F)(F)(F)F. The normalized spacial score (nSPS) is 16.8. The van der Waals surface area contributed by atoms with E-state index in [1.807, 2.05) is 25.2 Å². The molecule has 0 aromatic rings. The second-order valence-electron chi connectivity index (χ2n) is 3.88. The van der Waals surface area contributed by atoms with Gasteiger partial charge in [-0.15, -0.1) is 0 Å². The van der Waals surface area contributed by atoms with Crippen LogP contribution >= 0.6 is 19.4 Å². The quantitative estimate of drug-likeness (QED) is 0.621. The minimum absolute atomic E-state index is 0.889. The van der Waals surface area contributed by atoms with Crippen LogP contribution in [0.4, 0.5) is 25.2 Å². The molecule has 0 heterocycles. The Hall–Kier alpha value is -0.200. The van der Waals surface area contributed by atoms with Gasteiger partial charge < -0.3 is 9.80 Å². The van der Waals surface area contributed by atoms with Gasteiger partial charge in [0.25, 0.3) is 0 Å². The van der Waals surface area contributed by atoms with E-state index in [1.54, 1.807) is 0 Å². The summed E-state index contributed by atoms with van der Waals surface area (Å²) < 4.78 is 59.2. The van der Waals surface area contributed by atoms with Crippen molar-refractivity contribution in [3.05, 3.63) is 11.2 Å². The van der Waals surface area contributed by atoms with Crippen LogP contribution in [0.25, 0.3) is 0 Å². The maximum absolute atomic E-state index is 10.7. The van der Waals surface area contributed by atoms with E-state index in [1.165, 1.54) is 4.90 Å². The van der Waals surface area contributed by atoms with Crippen LogP contribution in [0.2, 0.25) is 0 Å². The van der Waals surface area contributed by atoms with Crippen LogP contribution in [0.5, 0.6) is 0 Å². The number of nitrogens with zero attached hydrogens (tertiary/aromatic N) is 1. The summed E-state index contributed by atoms with van der Waals surface area (Å²) >= 11 is 5.87. The van der Waals surface area contributed by atoms with Gasteiger partial charge >= 0.3 is 33.0 Å². The standard InChI is InChI=1S/C7H15ClN2.F6P/c1-9(2)5-7(8)6-10(3)4;1-7(2,3,4,5)6/h5H,6H2,1-4H3;/q;-1/p+1/b7-5+;. The van der Waals surface area contributed by atoms with E-state index in [-0.39, 0.29) is 0 Å². The molecule has 108 valence electrons. The molecule has 0 saturated heterocycles. The van der Waals surface area contributed by atoms with Gasteiger partial charge in [0.2, 0.25) is 0 Å². The van der Waals surface area contributed by atoms with Gasteiger partial charge in [0.05, 0.1) is 19.1 Å². The molecule has 0 aromatic carbocycles. The predicted octanol–water partition coefficient (Wildman–Crippen LogP) is 3.16. The monoisotopic (exact) mass is 308 g/mol. The Balaban J connectivity index is 0. The van der Waals surface area contributed by atoms with E-state index >= 15 is 0 Å². The van der Waals surface area contributed by atoms with Gasteiger partial charge in [-0.1, -0.05) is 11.6 Å². The van der Waals surface area contributed by atoms with E-state index in [0.717, 1.165) is 11.6 Å². The fourth-order valence-corrected chi connectivity index (χ4v) is 1.13. The first kappa shape index (κ1) is 19.1. The van der Waals surface area contributed by atoms with Crippen molar-refractivity contribution in [3.63, 3.8) is 0 Å². The minimum atomic E-state index is -10.7. The number of halogens is 7. The van der Waals surface area contributed by atoms with Crippen LogP contribution in [0, 0.1) is 0 Å². The molecule has 0 bridgehead atoms. The zero-order valence-electron chi connectivity index (χ0n) is 9.82. The van der Waals surface area contributed by atoms with Crippen LogP contribution in [0.3, 0.4) is 0 Å².